The molecule has 0 aliphatic heterocycles. The molecule has 0 saturated heterocycles. The summed E-state index contributed by atoms with van der Waals surface area (Å²) in [6, 6.07) is 4.31. The van der Waals surface area contributed by atoms with E-state index >= 15 is 0 Å². The SMILES string of the molecule is Cc1c(NS(=O)(=O)CCC(C)C)cccc1S(N)(=O)=O. The minimum absolute atomic E-state index is 0.0102. The van der Waals surface area contributed by atoms with Crippen molar-refractivity contribution in [2.75, 3.05) is 10.5 Å². The lowest BCUT2D eigenvalue weighted by Crippen LogP contribution is -2.20. The molecule has 1 rings (SSSR count). The highest BCUT2D eigenvalue weighted by Crippen LogP contribution is 2.23. The van der Waals surface area contributed by atoms with Gasteiger partial charge in [-0.15, -0.1) is 0 Å². The molecule has 20 heavy (non-hydrogen) atoms. The second-order valence-corrected chi connectivity index (χ2v) is 8.45. The Morgan fingerprint density at radius 2 is 1.80 bits per heavy atom. The quantitative estimate of drug-likeness (QED) is 0.826. The molecule has 0 saturated carbocycles. The molecule has 0 aromatic heterocycles. The number of sulfonamides is 2. The minimum atomic E-state index is -3.87. The highest BCUT2D eigenvalue weighted by Gasteiger charge is 2.17. The molecular formula is C12H20N2O4S2. The fourth-order valence-electron chi connectivity index (χ4n) is 1.64. The van der Waals surface area contributed by atoms with Crippen molar-refractivity contribution >= 4 is 25.7 Å². The van der Waals surface area contributed by atoms with Crippen LogP contribution in [0.3, 0.4) is 0 Å². The summed E-state index contributed by atoms with van der Waals surface area (Å²) in [5.74, 6) is 0.257. The molecule has 0 spiro atoms. The summed E-state index contributed by atoms with van der Waals surface area (Å²) in [5, 5.41) is 5.08. The number of rotatable bonds is 6. The molecule has 114 valence electrons. The fourth-order valence-corrected chi connectivity index (χ4v) is 3.89. The molecular weight excluding hydrogens is 300 g/mol. The van der Waals surface area contributed by atoms with Gasteiger partial charge in [0.25, 0.3) is 0 Å². The van der Waals surface area contributed by atoms with Crippen LogP contribution in [0, 0.1) is 12.8 Å². The van der Waals surface area contributed by atoms with E-state index in [9.17, 15) is 16.8 Å². The molecule has 0 heterocycles. The van der Waals surface area contributed by atoms with E-state index in [0.717, 1.165) is 0 Å². The van der Waals surface area contributed by atoms with Gasteiger partial charge in [0.1, 0.15) is 0 Å². The summed E-state index contributed by atoms with van der Waals surface area (Å²) in [6.45, 7) is 5.38. The summed E-state index contributed by atoms with van der Waals surface area (Å²) in [5.41, 5.74) is 0.531. The summed E-state index contributed by atoms with van der Waals surface area (Å²) in [7, 11) is -7.37. The van der Waals surface area contributed by atoms with Crippen molar-refractivity contribution in [2.24, 2.45) is 11.1 Å². The van der Waals surface area contributed by atoms with Gasteiger partial charge in [-0.1, -0.05) is 19.9 Å². The third kappa shape index (κ3) is 4.77. The van der Waals surface area contributed by atoms with E-state index in [4.69, 9.17) is 5.14 Å². The van der Waals surface area contributed by atoms with Gasteiger partial charge < -0.3 is 0 Å². The van der Waals surface area contributed by atoms with Crippen molar-refractivity contribution in [2.45, 2.75) is 32.1 Å². The lowest BCUT2D eigenvalue weighted by molar-refractivity contribution is 0.577. The van der Waals surface area contributed by atoms with Gasteiger partial charge in [-0.25, -0.2) is 22.0 Å². The number of primary sulfonamides is 1. The number of hydrogen-bond donors (Lipinski definition) is 2. The minimum Gasteiger partial charge on any atom is -0.283 e. The maximum atomic E-state index is 11.9. The number of nitrogens with two attached hydrogens (primary N) is 1. The smallest absolute Gasteiger partial charge is 0.238 e. The Morgan fingerprint density at radius 3 is 2.30 bits per heavy atom. The highest BCUT2D eigenvalue weighted by atomic mass is 32.2. The fraction of sp³-hybridized carbons (Fsp3) is 0.500. The van der Waals surface area contributed by atoms with Crippen LogP contribution in [0.4, 0.5) is 5.69 Å². The van der Waals surface area contributed by atoms with Crippen molar-refractivity contribution in [1.29, 1.82) is 0 Å². The number of nitrogens with one attached hydrogen (secondary N) is 1. The predicted octanol–water partition coefficient (Wildman–Crippen LogP) is 1.43. The summed E-state index contributed by atoms with van der Waals surface area (Å²) < 4.78 is 49.0. The average molecular weight is 320 g/mol. The van der Waals surface area contributed by atoms with Crippen molar-refractivity contribution in [3.8, 4) is 0 Å². The molecule has 0 radical (unpaired) electrons. The first-order chi connectivity index (χ1) is 9.03. The molecule has 0 aliphatic rings. The van der Waals surface area contributed by atoms with Crippen LogP contribution in [0.5, 0.6) is 0 Å². The zero-order valence-corrected chi connectivity index (χ0v) is 13.4. The Bertz CT molecular complexity index is 679. The first-order valence-corrected chi connectivity index (χ1v) is 9.35. The molecule has 0 amide bonds. The van der Waals surface area contributed by atoms with Gasteiger partial charge in [0, 0.05) is 0 Å². The average Bonchev–Trinajstić information content (AvgIpc) is 2.28. The van der Waals surface area contributed by atoms with E-state index in [1.807, 2.05) is 13.8 Å². The zero-order valence-electron chi connectivity index (χ0n) is 11.8. The van der Waals surface area contributed by atoms with Gasteiger partial charge in [-0.05, 0) is 37.0 Å². The van der Waals surface area contributed by atoms with Crippen LogP contribution in [0.2, 0.25) is 0 Å². The number of anilines is 1. The van der Waals surface area contributed by atoms with Gasteiger partial charge in [0.15, 0.2) is 0 Å². The molecule has 3 N–H and O–H groups in total. The Morgan fingerprint density at radius 1 is 1.20 bits per heavy atom. The van der Waals surface area contributed by atoms with Crippen molar-refractivity contribution in [3.63, 3.8) is 0 Å². The van der Waals surface area contributed by atoms with Crippen molar-refractivity contribution in [1.82, 2.24) is 0 Å². The predicted molar refractivity (Wildman–Crippen MR) is 79.4 cm³/mol. The third-order valence-corrected chi connectivity index (χ3v) is 5.18. The van der Waals surface area contributed by atoms with Gasteiger partial charge in [0.2, 0.25) is 20.0 Å². The lowest BCUT2D eigenvalue weighted by atomic mass is 10.2. The summed E-state index contributed by atoms with van der Waals surface area (Å²) in [6.07, 6.45) is 0.531. The molecule has 6 nitrogen and oxygen atoms in total. The Balaban J connectivity index is 3.06. The molecule has 0 unspecified atom stereocenters. The van der Waals surface area contributed by atoms with Gasteiger partial charge in [-0.2, -0.15) is 0 Å². The van der Waals surface area contributed by atoms with E-state index in [2.05, 4.69) is 4.72 Å². The van der Waals surface area contributed by atoms with Crippen molar-refractivity contribution in [3.05, 3.63) is 23.8 Å². The van der Waals surface area contributed by atoms with Gasteiger partial charge >= 0.3 is 0 Å². The molecule has 0 fully saturated rings. The van der Waals surface area contributed by atoms with Crippen LogP contribution in [0.15, 0.2) is 23.1 Å². The molecule has 8 heteroatoms. The van der Waals surface area contributed by atoms with E-state index < -0.39 is 20.0 Å². The summed E-state index contributed by atoms with van der Waals surface area (Å²) in [4.78, 5) is -0.0819. The largest absolute Gasteiger partial charge is 0.283 e. The maximum absolute atomic E-state index is 11.9. The Labute approximate surface area is 120 Å². The number of hydrogen-bond acceptors (Lipinski definition) is 4. The molecule has 0 atom stereocenters. The second-order valence-electron chi connectivity index (χ2n) is 5.08. The zero-order chi connectivity index (χ0) is 15.6. The monoisotopic (exact) mass is 320 g/mol. The summed E-state index contributed by atoms with van der Waals surface area (Å²) >= 11 is 0. The van der Waals surface area contributed by atoms with Gasteiger partial charge in [-0.3, -0.25) is 4.72 Å². The van der Waals surface area contributed by atoms with Crippen LogP contribution < -0.4 is 9.86 Å². The molecule has 0 bridgehead atoms. The van der Waals surface area contributed by atoms with Crippen LogP contribution in [0.25, 0.3) is 0 Å². The number of benzene rings is 1. The van der Waals surface area contributed by atoms with Gasteiger partial charge in [0.05, 0.1) is 16.3 Å². The van der Waals surface area contributed by atoms with Crippen LogP contribution in [-0.4, -0.2) is 22.6 Å². The Kier molecular flexibility index (Phi) is 5.17. The highest BCUT2D eigenvalue weighted by molar-refractivity contribution is 7.92. The third-order valence-electron chi connectivity index (χ3n) is 2.82. The second kappa shape index (κ2) is 6.11. The van der Waals surface area contributed by atoms with Crippen LogP contribution in [0.1, 0.15) is 25.8 Å². The Hall–Kier alpha value is -1.12. The van der Waals surface area contributed by atoms with Crippen LogP contribution in [-0.2, 0) is 20.0 Å². The van der Waals surface area contributed by atoms with E-state index in [1.54, 1.807) is 0 Å². The lowest BCUT2D eigenvalue weighted by Gasteiger charge is -2.13. The van der Waals surface area contributed by atoms with Crippen LogP contribution >= 0.6 is 0 Å². The topological polar surface area (TPSA) is 106 Å². The normalized spacial score (nSPS) is 12.7. The molecule has 0 aliphatic carbocycles. The molecule has 1 aromatic carbocycles. The first-order valence-electron chi connectivity index (χ1n) is 6.16. The van der Waals surface area contributed by atoms with E-state index in [-0.39, 0.29) is 22.3 Å². The van der Waals surface area contributed by atoms with Crippen molar-refractivity contribution < 1.29 is 16.8 Å². The standard InChI is InChI=1S/C12H20N2O4S2/c1-9(2)7-8-19(15,16)14-11-5-4-6-12(10(11)3)20(13,17)18/h4-6,9,14H,7-8H2,1-3H3,(H2,13,17,18). The maximum Gasteiger partial charge on any atom is 0.238 e. The van der Waals surface area contributed by atoms with E-state index in [0.29, 0.717) is 12.0 Å². The van der Waals surface area contributed by atoms with E-state index in [1.165, 1.54) is 25.1 Å². The first kappa shape index (κ1) is 16.9. The molecule has 1 aromatic rings.